The third-order valence-corrected chi connectivity index (χ3v) is 6.54. The number of benzene rings is 1. The summed E-state index contributed by atoms with van der Waals surface area (Å²) in [6.45, 7) is 7.88. The molecule has 0 radical (unpaired) electrons. The van der Waals surface area contributed by atoms with E-state index in [4.69, 9.17) is 4.74 Å². The van der Waals surface area contributed by atoms with Crippen LogP contribution in [0.1, 0.15) is 24.7 Å². The lowest BCUT2D eigenvalue weighted by atomic mass is 10.2. The highest BCUT2D eigenvalue weighted by atomic mass is 32.2. The lowest BCUT2D eigenvalue weighted by Gasteiger charge is -2.34. The molecule has 1 aliphatic heterocycles. The van der Waals surface area contributed by atoms with Gasteiger partial charge in [-0.1, -0.05) is 24.6 Å². The van der Waals surface area contributed by atoms with E-state index in [1.165, 1.54) is 0 Å². The van der Waals surface area contributed by atoms with Gasteiger partial charge in [-0.15, -0.1) is 0 Å². The summed E-state index contributed by atoms with van der Waals surface area (Å²) in [5.74, 6) is 2.80. The van der Waals surface area contributed by atoms with Crippen molar-refractivity contribution in [2.24, 2.45) is 0 Å². The topological polar surface area (TPSA) is 75.6 Å². The molecule has 1 fully saturated rings. The maximum atomic E-state index is 12.2. The Hall–Kier alpha value is -2.19. The lowest BCUT2D eigenvalue weighted by molar-refractivity contribution is 0.382. The Morgan fingerprint density at radius 2 is 1.70 bits per heavy atom. The Bertz CT molecular complexity index is 876. The molecule has 7 nitrogen and oxygen atoms in total. The second-order valence-corrected chi connectivity index (χ2v) is 8.82. The highest BCUT2D eigenvalue weighted by Crippen LogP contribution is 2.24. The first-order chi connectivity index (χ1) is 12.9. The lowest BCUT2D eigenvalue weighted by Crippen LogP contribution is -2.49. The summed E-state index contributed by atoms with van der Waals surface area (Å²) in [7, 11) is -3.15. The minimum atomic E-state index is -3.15. The van der Waals surface area contributed by atoms with E-state index in [1.807, 2.05) is 51.1 Å². The van der Waals surface area contributed by atoms with E-state index < -0.39 is 10.0 Å². The summed E-state index contributed by atoms with van der Waals surface area (Å²) in [5, 5.41) is 0. The molecule has 0 bridgehead atoms. The second kappa shape index (κ2) is 8.22. The number of sulfonamides is 1. The summed E-state index contributed by atoms with van der Waals surface area (Å²) < 4.78 is 31.9. The van der Waals surface area contributed by atoms with Crippen molar-refractivity contribution in [3.63, 3.8) is 0 Å². The van der Waals surface area contributed by atoms with Gasteiger partial charge in [-0.05, 0) is 32.4 Å². The Balaban J connectivity index is 1.71. The summed E-state index contributed by atoms with van der Waals surface area (Å²) in [4.78, 5) is 10.9. The molecule has 2 aromatic rings. The van der Waals surface area contributed by atoms with E-state index in [-0.39, 0.29) is 5.75 Å². The molecule has 0 N–H and O–H groups in total. The molecule has 1 aromatic heterocycles. The fraction of sp³-hybridized carbons (Fsp3) is 0.474. The molecule has 1 aliphatic rings. The van der Waals surface area contributed by atoms with Gasteiger partial charge < -0.3 is 9.64 Å². The predicted molar refractivity (Wildman–Crippen MR) is 106 cm³/mol. The van der Waals surface area contributed by atoms with Gasteiger partial charge in [0, 0.05) is 32.2 Å². The largest absolute Gasteiger partial charge is 0.439 e. The maximum absolute atomic E-state index is 12.2. The fourth-order valence-electron chi connectivity index (χ4n) is 3.05. The van der Waals surface area contributed by atoms with Crippen molar-refractivity contribution in [1.29, 1.82) is 0 Å². The molecule has 1 aromatic carbocycles. The van der Waals surface area contributed by atoms with Crippen LogP contribution >= 0.6 is 0 Å². The summed E-state index contributed by atoms with van der Waals surface area (Å²) in [6.07, 6.45) is 0.632. The third-order valence-electron chi connectivity index (χ3n) is 4.46. The zero-order valence-corrected chi connectivity index (χ0v) is 16.9. The highest BCUT2D eigenvalue weighted by Gasteiger charge is 2.27. The average molecular weight is 391 g/mol. The molecular formula is C19H26N4O3S. The number of rotatable bonds is 6. The van der Waals surface area contributed by atoms with Gasteiger partial charge in [-0.2, -0.15) is 9.29 Å². The Labute approximate surface area is 161 Å². The van der Waals surface area contributed by atoms with Crippen molar-refractivity contribution in [3.8, 4) is 11.6 Å². The standard InChI is InChI=1S/C19H26N4O3S/c1-4-13-27(24,25)23-11-9-22(10-12-23)18-14-19(21-16(3)20-18)26-17-7-5-15(2)6-8-17/h5-8,14H,4,9-13H2,1-3H3. The van der Waals surface area contributed by atoms with Crippen molar-refractivity contribution >= 4 is 15.8 Å². The average Bonchev–Trinajstić information content (AvgIpc) is 2.63. The van der Waals surface area contributed by atoms with E-state index in [9.17, 15) is 8.42 Å². The first-order valence-electron chi connectivity index (χ1n) is 9.20. The van der Waals surface area contributed by atoms with Crippen LogP contribution in [0.5, 0.6) is 11.6 Å². The van der Waals surface area contributed by atoms with Gasteiger partial charge in [-0.3, -0.25) is 0 Å². The zero-order valence-electron chi connectivity index (χ0n) is 16.1. The number of aromatic nitrogens is 2. The predicted octanol–water partition coefficient (Wildman–Crippen LogP) is 2.75. The molecule has 27 heavy (non-hydrogen) atoms. The van der Waals surface area contributed by atoms with Crippen LogP contribution in [0.2, 0.25) is 0 Å². The van der Waals surface area contributed by atoms with Gasteiger partial charge in [-0.25, -0.2) is 13.4 Å². The van der Waals surface area contributed by atoms with Crippen LogP contribution in [0.15, 0.2) is 30.3 Å². The van der Waals surface area contributed by atoms with Crippen molar-refractivity contribution in [1.82, 2.24) is 14.3 Å². The Kier molecular flexibility index (Phi) is 5.96. The van der Waals surface area contributed by atoms with Gasteiger partial charge in [0.1, 0.15) is 17.4 Å². The van der Waals surface area contributed by atoms with Crippen LogP contribution in [0, 0.1) is 13.8 Å². The molecule has 0 unspecified atom stereocenters. The molecule has 146 valence electrons. The van der Waals surface area contributed by atoms with Crippen LogP contribution in [0.25, 0.3) is 0 Å². The van der Waals surface area contributed by atoms with Gasteiger partial charge in [0.05, 0.1) is 5.75 Å². The van der Waals surface area contributed by atoms with Gasteiger partial charge in [0.2, 0.25) is 15.9 Å². The molecule has 3 rings (SSSR count). The SMILES string of the molecule is CCCS(=O)(=O)N1CCN(c2cc(Oc3ccc(C)cc3)nc(C)n2)CC1. The molecule has 1 saturated heterocycles. The zero-order chi connectivity index (χ0) is 19.4. The summed E-state index contributed by atoms with van der Waals surface area (Å²) in [5.41, 5.74) is 1.16. The molecule has 0 saturated carbocycles. The maximum Gasteiger partial charge on any atom is 0.224 e. The number of aryl methyl sites for hydroxylation is 2. The van der Waals surface area contributed by atoms with E-state index in [1.54, 1.807) is 4.31 Å². The van der Waals surface area contributed by atoms with E-state index in [2.05, 4.69) is 14.9 Å². The highest BCUT2D eigenvalue weighted by molar-refractivity contribution is 7.89. The number of hydrogen-bond donors (Lipinski definition) is 0. The molecule has 0 spiro atoms. The Morgan fingerprint density at radius 1 is 1.04 bits per heavy atom. The van der Waals surface area contributed by atoms with E-state index in [0.29, 0.717) is 44.3 Å². The normalized spacial score (nSPS) is 15.7. The van der Waals surface area contributed by atoms with Crippen LogP contribution in [-0.2, 0) is 10.0 Å². The van der Waals surface area contributed by atoms with Crippen LogP contribution in [0.3, 0.4) is 0 Å². The fourth-order valence-corrected chi connectivity index (χ4v) is 4.54. The minimum Gasteiger partial charge on any atom is -0.439 e. The van der Waals surface area contributed by atoms with E-state index in [0.717, 1.165) is 17.1 Å². The summed E-state index contributed by atoms with van der Waals surface area (Å²) >= 11 is 0. The first-order valence-corrected chi connectivity index (χ1v) is 10.8. The number of piperazine rings is 1. The number of anilines is 1. The third kappa shape index (κ3) is 4.95. The molecule has 2 heterocycles. The summed E-state index contributed by atoms with van der Waals surface area (Å²) in [6, 6.07) is 9.59. The van der Waals surface area contributed by atoms with Crippen LogP contribution in [0.4, 0.5) is 5.82 Å². The van der Waals surface area contributed by atoms with Crippen molar-refractivity contribution < 1.29 is 13.2 Å². The van der Waals surface area contributed by atoms with Crippen molar-refractivity contribution in [3.05, 3.63) is 41.7 Å². The van der Waals surface area contributed by atoms with Crippen molar-refractivity contribution in [2.75, 3.05) is 36.8 Å². The molecule has 0 atom stereocenters. The minimum absolute atomic E-state index is 0.203. The van der Waals surface area contributed by atoms with E-state index >= 15 is 0 Å². The second-order valence-electron chi connectivity index (χ2n) is 6.73. The smallest absolute Gasteiger partial charge is 0.224 e. The number of nitrogens with zero attached hydrogens (tertiary/aromatic N) is 4. The van der Waals surface area contributed by atoms with Crippen molar-refractivity contribution in [2.45, 2.75) is 27.2 Å². The molecule has 8 heteroatoms. The molecule has 0 amide bonds. The number of hydrogen-bond acceptors (Lipinski definition) is 6. The number of ether oxygens (including phenoxy) is 1. The molecule has 0 aliphatic carbocycles. The van der Waals surface area contributed by atoms with Crippen LogP contribution < -0.4 is 9.64 Å². The first kappa shape index (κ1) is 19.6. The Morgan fingerprint density at radius 3 is 2.33 bits per heavy atom. The molecular weight excluding hydrogens is 364 g/mol. The van der Waals surface area contributed by atoms with Crippen LogP contribution in [-0.4, -0.2) is 54.6 Å². The van der Waals surface area contributed by atoms with Gasteiger partial charge >= 0.3 is 0 Å². The van der Waals surface area contributed by atoms with Gasteiger partial charge in [0.15, 0.2) is 0 Å². The van der Waals surface area contributed by atoms with Gasteiger partial charge in [0.25, 0.3) is 0 Å². The monoisotopic (exact) mass is 390 g/mol. The quantitative estimate of drug-likeness (QED) is 0.755.